The van der Waals surface area contributed by atoms with Crippen LogP contribution in [0.15, 0.2) is 48.7 Å². The van der Waals surface area contributed by atoms with E-state index in [1.54, 1.807) is 12.1 Å². The van der Waals surface area contributed by atoms with Crippen LogP contribution < -0.4 is 4.72 Å². The normalized spacial score (nSPS) is 11.6. The second-order valence-electron chi connectivity index (χ2n) is 6.14. The van der Waals surface area contributed by atoms with Crippen molar-refractivity contribution in [3.05, 3.63) is 59.8 Å². The van der Waals surface area contributed by atoms with Gasteiger partial charge in [0.2, 0.25) is 10.0 Å². The molecule has 0 spiro atoms. The molecule has 1 amide bonds. The number of nitrogens with zero attached hydrogens (tertiary/aromatic N) is 1. The highest BCUT2D eigenvalue weighted by Crippen LogP contribution is 2.31. The van der Waals surface area contributed by atoms with Gasteiger partial charge in [-0.1, -0.05) is 37.3 Å². The first-order valence-corrected chi connectivity index (χ1v) is 9.88. The molecule has 0 saturated heterocycles. The summed E-state index contributed by atoms with van der Waals surface area (Å²) in [6.07, 6.45) is 3.97. The fourth-order valence-electron chi connectivity index (χ4n) is 2.90. The average molecular weight is 356 g/mol. The molecule has 2 aromatic carbocycles. The van der Waals surface area contributed by atoms with Gasteiger partial charge in [-0.25, -0.2) is 13.1 Å². The molecule has 0 fully saturated rings. The number of rotatable bonds is 4. The van der Waals surface area contributed by atoms with Crippen molar-refractivity contribution in [1.82, 2.24) is 9.29 Å². The van der Waals surface area contributed by atoms with Crippen LogP contribution in [0.5, 0.6) is 0 Å². The van der Waals surface area contributed by atoms with Crippen molar-refractivity contribution in [2.45, 2.75) is 13.3 Å². The zero-order valence-corrected chi connectivity index (χ0v) is 15.2. The van der Waals surface area contributed by atoms with Gasteiger partial charge in [-0.05, 0) is 29.7 Å². The van der Waals surface area contributed by atoms with E-state index in [-0.39, 0.29) is 0 Å². The molecule has 3 aromatic rings. The Kier molecular flexibility index (Phi) is 4.39. The van der Waals surface area contributed by atoms with E-state index < -0.39 is 15.9 Å². The maximum atomic E-state index is 12.1. The number of amides is 1. The Bertz CT molecular complexity index is 1050. The Labute approximate surface area is 147 Å². The standard InChI is InChI=1S/C19H20N2O3S/c1-4-13-5-7-14(8-6-13)17-12-21(2)18-11-15(9-10-16(17)18)19(22)20-25(3,23)24/h5-12H,4H2,1-3H3,(H,20,22). The number of nitrogens with one attached hydrogen (secondary N) is 1. The molecule has 0 aliphatic heterocycles. The maximum absolute atomic E-state index is 12.1. The van der Waals surface area contributed by atoms with Crippen molar-refractivity contribution < 1.29 is 13.2 Å². The molecule has 0 atom stereocenters. The summed E-state index contributed by atoms with van der Waals surface area (Å²) in [6.45, 7) is 2.12. The molecular weight excluding hydrogens is 336 g/mol. The number of hydrogen-bond acceptors (Lipinski definition) is 3. The summed E-state index contributed by atoms with van der Waals surface area (Å²) in [5, 5.41) is 1.02. The van der Waals surface area contributed by atoms with E-state index in [2.05, 4.69) is 31.2 Å². The highest BCUT2D eigenvalue weighted by atomic mass is 32.2. The van der Waals surface area contributed by atoms with Gasteiger partial charge in [-0.2, -0.15) is 0 Å². The first-order chi connectivity index (χ1) is 11.8. The van der Waals surface area contributed by atoms with Crippen molar-refractivity contribution in [2.75, 3.05) is 6.26 Å². The lowest BCUT2D eigenvalue weighted by Gasteiger charge is -2.05. The van der Waals surface area contributed by atoms with Gasteiger partial charge in [0, 0.05) is 35.3 Å². The fourth-order valence-corrected chi connectivity index (χ4v) is 3.36. The Morgan fingerprint density at radius 3 is 2.40 bits per heavy atom. The lowest BCUT2D eigenvalue weighted by molar-refractivity contribution is 0.0982. The molecule has 0 aliphatic carbocycles. The predicted molar refractivity (Wildman–Crippen MR) is 100 cm³/mol. The highest BCUT2D eigenvalue weighted by Gasteiger charge is 2.14. The van der Waals surface area contributed by atoms with Crippen molar-refractivity contribution >= 4 is 26.8 Å². The summed E-state index contributed by atoms with van der Waals surface area (Å²) in [7, 11) is -1.68. The Morgan fingerprint density at radius 1 is 1.12 bits per heavy atom. The first-order valence-electron chi connectivity index (χ1n) is 7.99. The third kappa shape index (κ3) is 3.58. The van der Waals surface area contributed by atoms with Gasteiger partial charge >= 0.3 is 0 Å². The fraction of sp³-hybridized carbons (Fsp3) is 0.211. The molecule has 5 nitrogen and oxygen atoms in total. The molecule has 0 aliphatic rings. The average Bonchev–Trinajstić information content (AvgIpc) is 2.90. The Morgan fingerprint density at radius 2 is 1.80 bits per heavy atom. The second kappa shape index (κ2) is 6.37. The quantitative estimate of drug-likeness (QED) is 0.781. The van der Waals surface area contributed by atoms with Crippen LogP contribution in [-0.2, 0) is 23.5 Å². The van der Waals surface area contributed by atoms with Gasteiger partial charge in [0.1, 0.15) is 0 Å². The molecule has 1 aromatic heterocycles. The number of hydrogen-bond donors (Lipinski definition) is 1. The number of benzene rings is 2. The Balaban J connectivity index is 2.05. The SMILES string of the molecule is CCc1ccc(-c2cn(C)c3cc(C(=O)NS(C)(=O)=O)ccc23)cc1. The number of carbonyl (C=O) groups excluding carboxylic acids is 1. The van der Waals surface area contributed by atoms with E-state index in [4.69, 9.17) is 0 Å². The van der Waals surface area contributed by atoms with Crippen molar-refractivity contribution in [3.63, 3.8) is 0 Å². The lowest BCUT2D eigenvalue weighted by atomic mass is 10.0. The molecule has 0 bridgehead atoms. The minimum absolute atomic E-state index is 0.312. The number of carbonyl (C=O) groups is 1. The molecule has 0 unspecified atom stereocenters. The minimum Gasteiger partial charge on any atom is -0.350 e. The molecular formula is C19H20N2O3S. The van der Waals surface area contributed by atoms with E-state index in [1.165, 1.54) is 5.56 Å². The van der Waals surface area contributed by atoms with E-state index >= 15 is 0 Å². The maximum Gasteiger partial charge on any atom is 0.264 e. The van der Waals surface area contributed by atoms with Crippen LogP contribution in [0.1, 0.15) is 22.8 Å². The minimum atomic E-state index is -3.59. The van der Waals surface area contributed by atoms with Crippen LogP contribution >= 0.6 is 0 Å². The van der Waals surface area contributed by atoms with E-state index in [9.17, 15) is 13.2 Å². The predicted octanol–water partition coefficient (Wildman–Crippen LogP) is 3.10. The molecule has 1 N–H and O–H groups in total. The Hall–Kier alpha value is -2.60. The zero-order valence-electron chi connectivity index (χ0n) is 14.4. The van der Waals surface area contributed by atoms with E-state index in [0.717, 1.165) is 34.7 Å². The van der Waals surface area contributed by atoms with Crippen LogP contribution in [0.25, 0.3) is 22.0 Å². The largest absolute Gasteiger partial charge is 0.350 e. The topological polar surface area (TPSA) is 68.2 Å². The monoisotopic (exact) mass is 356 g/mol. The zero-order chi connectivity index (χ0) is 18.2. The summed E-state index contributed by atoms with van der Waals surface area (Å²) in [5.41, 5.74) is 4.65. The number of aryl methyl sites for hydroxylation is 2. The highest BCUT2D eigenvalue weighted by molar-refractivity contribution is 7.89. The molecule has 0 radical (unpaired) electrons. The van der Waals surface area contributed by atoms with Gasteiger partial charge in [-0.15, -0.1) is 0 Å². The number of sulfonamides is 1. The summed E-state index contributed by atoms with van der Waals surface area (Å²) in [5.74, 6) is -0.626. The van der Waals surface area contributed by atoms with E-state index in [1.807, 2.05) is 28.6 Å². The molecule has 1 heterocycles. The third-order valence-corrected chi connectivity index (χ3v) is 4.76. The van der Waals surface area contributed by atoms with E-state index in [0.29, 0.717) is 5.56 Å². The van der Waals surface area contributed by atoms with Crippen molar-refractivity contribution in [2.24, 2.45) is 7.05 Å². The van der Waals surface area contributed by atoms with Gasteiger partial charge in [0.25, 0.3) is 5.91 Å². The summed E-state index contributed by atoms with van der Waals surface area (Å²) < 4.78 is 26.4. The third-order valence-electron chi connectivity index (χ3n) is 4.20. The van der Waals surface area contributed by atoms with Gasteiger partial charge in [-0.3, -0.25) is 4.79 Å². The molecule has 25 heavy (non-hydrogen) atoms. The number of aromatic nitrogens is 1. The van der Waals surface area contributed by atoms with Crippen LogP contribution in [-0.4, -0.2) is 25.1 Å². The van der Waals surface area contributed by atoms with Crippen LogP contribution in [0, 0.1) is 0 Å². The molecule has 130 valence electrons. The lowest BCUT2D eigenvalue weighted by Crippen LogP contribution is -2.29. The molecule has 0 saturated carbocycles. The molecule has 6 heteroatoms. The van der Waals surface area contributed by atoms with Crippen LogP contribution in [0.3, 0.4) is 0 Å². The van der Waals surface area contributed by atoms with Crippen LogP contribution in [0.2, 0.25) is 0 Å². The van der Waals surface area contributed by atoms with Crippen molar-refractivity contribution in [3.8, 4) is 11.1 Å². The van der Waals surface area contributed by atoms with Gasteiger partial charge < -0.3 is 4.57 Å². The van der Waals surface area contributed by atoms with Crippen LogP contribution in [0.4, 0.5) is 0 Å². The van der Waals surface area contributed by atoms with Crippen molar-refractivity contribution in [1.29, 1.82) is 0 Å². The number of fused-ring (bicyclic) bond motifs is 1. The smallest absolute Gasteiger partial charge is 0.264 e. The van der Waals surface area contributed by atoms with Gasteiger partial charge in [0.05, 0.1) is 6.26 Å². The summed E-state index contributed by atoms with van der Waals surface area (Å²) in [4.78, 5) is 12.1. The van der Waals surface area contributed by atoms with Gasteiger partial charge in [0.15, 0.2) is 0 Å². The molecule has 3 rings (SSSR count). The summed E-state index contributed by atoms with van der Waals surface area (Å²) >= 11 is 0. The second-order valence-corrected chi connectivity index (χ2v) is 7.89. The first kappa shape index (κ1) is 17.2. The summed E-state index contributed by atoms with van der Waals surface area (Å²) in [6, 6.07) is 13.6.